The maximum atomic E-state index is 13.9. The average Bonchev–Trinajstić information content (AvgIpc) is 2.74. The Morgan fingerprint density at radius 3 is 2.65 bits per heavy atom. The Morgan fingerprint density at radius 1 is 1.29 bits per heavy atom. The molecule has 0 radical (unpaired) electrons. The number of methoxy groups -OCH3 is 1. The highest BCUT2D eigenvalue weighted by molar-refractivity contribution is 9.09. The molecule has 0 saturated heterocycles. The fraction of sp³-hybridized carbons (Fsp3) is 0.231. The first-order valence-corrected chi connectivity index (χ1v) is 6.89. The van der Waals surface area contributed by atoms with Gasteiger partial charge in [-0.1, -0.05) is 22.0 Å². The van der Waals surface area contributed by atoms with Crippen LogP contribution in [0.2, 0.25) is 0 Å². The molecule has 0 spiro atoms. The highest BCUT2D eigenvalue weighted by Crippen LogP contribution is 2.40. The van der Waals surface area contributed by atoms with Crippen molar-refractivity contribution in [3.8, 4) is 5.75 Å². The van der Waals surface area contributed by atoms with Gasteiger partial charge in [-0.3, -0.25) is 0 Å². The van der Waals surface area contributed by atoms with Crippen molar-refractivity contribution in [2.75, 3.05) is 7.11 Å². The molecule has 1 heterocycles. The lowest BCUT2D eigenvalue weighted by Gasteiger charge is -2.13. The van der Waals surface area contributed by atoms with Gasteiger partial charge in [-0.15, -0.1) is 11.3 Å². The molecule has 0 fully saturated rings. The molecule has 1 aromatic heterocycles. The lowest BCUT2D eigenvalue weighted by Crippen LogP contribution is -1.98. The van der Waals surface area contributed by atoms with E-state index in [0.717, 1.165) is 4.88 Å². The molecule has 0 aliphatic heterocycles. The SMILES string of the molecule is COc1cccc(F)c1C(Br)c1ccc(C)s1. The highest BCUT2D eigenvalue weighted by atomic mass is 79.9. The van der Waals surface area contributed by atoms with Crippen molar-refractivity contribution in [3.63, 3.8) is 0 Å². The van der Waals surface area contributed by atoms with Crippen LogP contribution in [0.25, 0.3) is 0 Å². The van der Waals surface area contributed by atoms with Crippen molar-refractivity contribution in [2.45, 2.75) is 11.8 Å². The largest absolute Gasteiger partial charge is 0.496 e. The molecule has 2 aromatic rings. The van der Waals surface area contributed by atoms with E-state index in [1.165, 1.54) is 10.9 Å². The van der Waals surface area contributed by atoms with Crippen LogP contribution in [0, 0.1) is 12.7 Å². The van der Waals surface area contributed by atoms with Gasteiger partial charge in [0.25, 0.3) is 0 Å². The number of hydrogen-bond donors (Lipinski definition) is 0. The maximum absolute atomic E-state index is 13.9. The monoisotopic (exact) mass is 314 g/mol. The first-order chi connectivity index (χ1) is 8.13. The molecule has 1 aromatic carbocycles. The Bertz CT molecular complexity index is 524. The minimum absolute atomic E-state index is 0.169. The number of halogens is 2. The molecule has 0 aliphatic rings. The van der Waals surface area contributed by atoms with E-state index in [0.29, 0.717) is 11.3 Å². The van der Waals surface area contributed by atoms with Gasteiger partial charge in [0.15, 0.2) is 0 Å². The third-order valence-corrected chi connectivity index (χ3v) is 4.82. The van der Waals surface area contributed by atoms with E-state index in [4.69, 9.17) is 4.74 Å². The van der Waals surface area contributed by atoms with Crippen LogP contribution in [0.15, 0.2) is 30.3 Å². The van der Waals surface area contributed by atoms with Crippen LogP contribution in [-0.4, -0.2) is 7.11 Å². The van der Waals surface area contributed by atoms with E-state index in [-0.39, 0.29) is 10.6 Å². The Balaban J connectivity index is 2.46. The van der Waals surface area contributed by atoms with Gasteiger partial charge in [-0.05, 0) is 31.2 Å². The minimum Gasteiger partial charge on any atom is -0.496 e. The summed E-state index contributed by atoms with van der Waals surface area (Å²) >= 11 is 5.19. The molecule has 90 valence electrons. The Hall–Kier alpha value is -0.870. The number of ether oxygens (including phenoxy) is 1. The first kappa shape index (κ1) is 12.6. The highest BCUT2D eigenvalue weighted by Gasteiger charge is 2.20. The number of hydrogen-bond acceptors (Lipinski definition) is 2. The van der Waals surface area contributed by atoms with E-state index in [1.54, 1.807) is 30.6 Å². The summed E-state index contributed by atoms with van der Waals surface area (Å²) in [7, 11) is 1.55. The fourth-order valence-corrected chi connectivity index (χ4v) is 3.42. The first-order valence-electron chi connectivity index (χ1n) is 5.16. The molecule has 17 heavy (non-hydrogen) atoms. The van der Waals surface area contributed by atoms with Crippen LogP contribution in [0.3, 0.4) is 0 Å². The predicted molar refractivity (Wildman–Crippen MR) is 72.8 cm³/mol. The lowest BCUT2D eigenvalue weighted by molar-refractivity contribution is 0.405. The average molecular weight is 315 g/mol. The molecule has 0 saturated carbocycles. The van der Waals surface area contributed by atoms with Gasteiger partial charge in [0.05, 0.1) is 11.9 Å². The lowest BCUT2D eigenvalue weighted by atomic mass is 10.1. The second kappa shape index (κ2) is 5.19. The van der Waals surface area contributed by atoms with Crippen molar-refractivity contribution in [3.05, 3.63) is 51.5 Å². The molecule has 1 atom stereocenters. The molecule has 2 rings (SSSR count). The topological polar surface area (TPSA) is 9.23 Å². The quantitative estimate of drug-likeness (QED) is 0.747. The van der Waals surface area contributed by atoms with Crippen LogP contribution >= 0.6 is 27.3 Å². The number of alkyl halides is 1. The minimum atomic E-state index is -0.253. The molecular weight excluding hydrogens is 303 g/mol. The zero-order valence-electron chi connectivity index (χ0n) is 9.54. The van der Waals surface area contributed by atoms with Gasteiger partial charge in [0.1, 0.15) is 11.6 Å². The summed E-state index contributed by atoms with van der Waals surface area (Å²) in [6.07, 6.45) is 0. The number of aryl methyl sites for hydroxylation is 1. The molecular formula is C13H12BrFOS. The van der Waals surface area contributed by atoms with Gasteiger partial charge >= 0.3 is 0 Å². The smallest absolute Gasteiger partial charge is 0.131 e. The van der Waals surface area contributed by atoms with Crippen LogP contribution < -0.4 is 4.74 Å². The van der Waals surface area contributed by atoms with E-state index >= 15 is 0 Å². The van der Waals surface area contributed by atoms with Gasteiger partial charge < -0.3 is 4.74 Å². The third kappa shape index (κ3) is 2.53. The van der Waals surface area contributed by atoms with Crippen molar-refractivity contribution < 1.29 is 9.13 Å². The van der Waals surface area contributed by atoms with Crippen molar-refractivity contribution >= 4 is 27.3 Å². The Labute approximate surface area is 112 Å². The Morgan fingerprint density at radius 2 is 2.06 bits per heavy atom. The van der Waals surface area contributed by atoms with Crippen LogP contribution in [0.5, 0.6) is 5.75 Å². The van der Waals surface area contributed by atoms with Gasteiger partial charge in [0, 0.05) is 15.3 Å². The van der Waals surface area contributed by atoms with E-state index < -0.39 is 0 Å². The van der Waals surface area contributed by atoms with Gasteiger partial charge in [-0.2, -0.15) is 0 Å². The summed E-state index contributed by atoms with van der Waals surface area (Å²) in [6, 6.07) is 8.91. The van der Waals surface area contributed by atoms with Gasteiger partial charge in [-0.25, -0.2) is 4.39 Å². The van der Waals surface area contributed by atoms with Crippen molar-refractivity contribution in [2.24, 2.45) is 0 Å². The van der Waals surface area contributed by atoms with Crippen molar-refractivity contribution in [1.29, 1.82) is 0 Å². The zero-order valence-corrected chi connectivity index (χ0v) is 11.9. The van der Waals surface area contributed by atoms with E-state index in [2.05, 4.69) is 15.9 Å². The number of thiophene rings is 1. The summed E-state index contributed by atoms with van der Waals surface area (Å²) in [5, 5.41) is 0. The summed E-state index contributed by atoms with van der Waals surface area (Å²) in [6.45, 7) is 2.03. The molecule has 1 nitrogen and oxygen atoms in total. The predicted octanol–water partition coefficient (Wildman–Crippen LogP) is 4.69. The molecule has 0 amide bonds. The maximum Gasteiger partial charge on any atom is 0.131 e. The fourth-order valence-electron chi connectivity index (χ4n) is 1.67. The van der Waals surface area contributed by atoms with Crippen LogP contribution in [-0.2, 0) is 0 Å². The third-order valence-electron chi connectivity index (χ3n) is 2.50. The molecule has 0 N–H and O–H groups in total. The number of benzene rings is 1. The normalized spacial score (nSPS) is 12.5. The van der Waals surface area contributed by atoms with Gasteiger partial charge in [0.2, 0.25) is 0 Å². The summed E-state index contributed by atoms with van der Waals surface area (Å²) in [5.74, 6) is 0.315. The number of rotatable bonds is 3. The molecule has 4 heteroatoms. The van der Waals surface area contributed by atoms with Crippen LogP contribution in [0.1, 0.15) is 20.1 Å². The molecule has 1 unspecified atom stereocenters. The van der Waals surface area contributed by atoms with Crippen molar-refractivity contribution in [1.82, 2.24) is 0 Å². The van der Waals surface area contributed by atoms with E-state index in [1.807, 2.05) is 19.1 Å². The zero-order chi connectivity index (χ0) is 12.4. The Kier molecular flexibility index (Phi) is 3.84. The summed E-state index contributed by atoms with van der Waals surface area (Å²) in [4.78, 5) is 2.11. The summed E-state index contributed by atoms with van der Waals surface area (Å²) in [5.41, 5.74) is 0.553. The second-order valence-electron chi connectivity index (χ2n) is 3.67. The summed E-state index contributed by atoms with van der Waals surface area (Å²) < 4.78 is 19.1. The van der Waals surface area contributed by atoms with E-state index in [9.17, 15) is 4.39 Å². The van der Waals surface area contributed by atoms with Crippen LogP contribution in [0.4, 0.5) is 4.39 Å². The standard InChI is InChI=1S/C13H12BrFOS/c1-8-6-7-11(17-8)13(14)12-9(15)4-3-5-10(12)16-2/h3-7,13H,1-2H3. The molecule has 0 aliphatic carbocycles. The molecule has 0 bridgehead atoms. The second-order valence-corrected chi connectivity index (χ2v) is 5.90.